The van der Waals surface area contributed by atoms with Gasteiger partial charge in [-0.3, -0.25) is 14.6 Å². The second-order valence-electron chi connectivity index (χ2n) is 7.20. The third kappa shape index (κ3) is 5.26. The minimum absolute atomic E-state index is 0.133. The van der Waals surface area contributed by atoms with Gasteiger partial charge in [0.25, 0.3) is 0 Å². The number of methoxy groups -OCH3 is 1. The van der Waals surface area contributed by atoms with Crippen LogP contribution in [0.2, 0.25) is 0 Å². The summed E-state index contributed by atoms with van der Waals surface area (Å²) in [6.07, 6.45) is 8.15. The first-order chi connectivity index (χ1) is 12.3. The summed E-state index contributed by atoms with van der Waals surface area (Å²) in [6, 6.07) is 0.618. The van der Waals surface area contributed by atoms with Gasteiger partial charge in [0.2, 0.25) is 5.91 Å². The van der Waals surface area contributed by atoms with Gasteiger partial charge in [0.15, 0.2) is 0 Å². The minimum Gasteiger partial charge on any atom is -0.383 e. The van der Waals surface area contributed by atoms with E-state index in [2.05, 4.69) is 25.1 Å². The van der Waals surface area contributed by atoms with E-state index in [0.717, 1.165) is 45.6 Å². The summed E-state index contributed by atoms with van der Waals surface area (Å²) in [5.74, 6) is 0.326. The molecule has 0 aromatic carbocycles. The molecule has 0 saturated carbocycles. The van der Waals surface area contributed by atoms with Crippen LogP contribution in [0.4, 0.5) is 0 Å². The molecule has 2 fully saturated rings. The van der Waals surface area contributed by atoms with Crippen LogP contribution in [0, 0.1) is 5.92 Å². The van der Waals surface area contributed by atoms with Crippen LogP contribution in [0.5, 0.6) is 0 Å². The zero-order valence-corrected chi connectivity index (χ0v) is 15.2. The fourth-order valence-electron chi connectivity index (χ4n) is 4.03. The molecule has 2 saturated heterocycles. The van der Waals surface area contributed by atoms with Crippen molar-refractivity contribution in [1.82, 2.24) is 25.1 Å². The summed E-state index contributed by atoms with van der Waals surface area (Å²) in [5, 5.41) is 3.00. The molecule has 7 nitrogen and oxygen atoms in total. The van der Waals surface area contributed by atoms with Crippen molar-refractivity contribution in [2.24, 2.45) is 5.92 Å². The van der Waals surface area contributed by atoms with E-state index in [4.69, 9.17) is 4.74 Å². The number of nitrogens with zero attached hydrogens (tertiary/aromatic N) is 3. The van der Waals surface area contributed by atoms with Crippen LogP contribution in [0.3, 0.4) is 0 Å². The number of likely N-dealkylation sites (tertiary alicyclic amines) is 2. The molecule has 3 heterocycles. The molecule has 1 amide bonds. The normalized spacial score (nSPS) is 23.6. The summed E-state index contributed by atoms with van der Waals surface area (Å²) in [4.78, 5) is 24.6. The Morgan fingerprint density at radius 1 is 1.36 bits per heavy atom. The number of carbonyl (C=O) groups excluding carboxylic acids is 1. The van der Waals surface area contributed by atoms with E-state index in [1.54, 1.807) is 13.4 Å². The topological polar surface area (TPSA) is 73.5 Å². The third-order valence-corrected chi connectivity index (χ3v) is 5.45. The zero-order valence-electron chi connectivity index (χ0n) is 15.2. The van der Waals surface area contributed by atoms with Gasteiger partial charge < -0.3 is 15.0 Å². The summed E-state index contributed by atoms with van der Waals surface area (Å²) in [6.45, 7) is 6.42. The molecular formula is C18H31N5O2. The highest BCUT2D eigenvalue weighted by molar-refractivity contribution is 5.78. The molecule has 1 atom stereocenters. The standard InChI is InChI=1S/C18H31N5O2/c1-25-10-6-20-18(24)15-3-2-7-23(12-15)17-4-8-22(9-5-17)13-16-11-19-14-21-16/h11,14-15,17H,2-10,12-13H2,1H3,(H,19,21)(H,20,24)/t15-/m1/s1. The molecule has 0 unspecified atom stereocenters. The summed E-state index contributed by atoms with van der Waals surface area (Å²) in [7, 11) is 1.66. The van der Waals surface area contributed by atoms with E-state index < -0.39 is 0 Å². The first kappa shape index (κ1) is 18.4. The SMILES string of the molecule is COCCNC(=O)[C@@H]1CCCN(C2CCN(Cc3cnc[nH]3)CC2)C1. The number of imidazole rings is 1. The van der Waals surface area contributed by atoms with Gasteiger partial charge in [-0.05, 0) is 32.2 Å². The fraction of sp³-hybridized carbons (Fsp3) is 0.778. The molecule has 2 aliphatic rings. The predicted molar refractivity (Wildman–Crippen MR) is 96.1 cm³/mol. The first-order valence-corrected chi connectivity index (χ1v) is 9.46. The number of carbonyl (C=O) groups is 1. The number of piperidine rings is 2. The van der Waals surface area contributed by atoms with E-state index in [0.29, 0.717) is 19.2 Å². The third-order valence-electron chi connectivity index (χ3n) is 5.45. The molecule has 140 valence electrons. The van der Waals surface area contributed by atoms with Gasteiger partial charge >= 0.3 is 0 Å². The molecule has 2 N–H and O–H groups in total. The van der Waals surface area contributed by atoms with Gasteiger partial charge in [-0.2, -0.15) is 0 Å². The Kier molecular flexibility index (Phi) is 6.84. The summed E-state index contributed by atoms with van der Waals surface area (Å²) < 4.78 is 5.01. The maximum Gasteiger partial charge on any atom is 0.224 e. The Labute approximate surface area is 150 Å². The van der Waals surface area contributed by atoms with Crippen LogP contribution >= 0.6 is 0 Å². The quantitative estimate of drug-likeness (QED) is 0.714. The molecule has 0 radical (unpaired) electrons. The maximum atomic E-state index is 12.3. The highest BCUT2D eigenvalue weighted by atomic mass is 16.5. The summed E-state index contributed by atoms with van der Waals surface area (Å²) in [5.41, 5.74) is 1.18. The Morgan fingerprint density at radius 2 is 2.20 bits per heavy atom. The van der Waals surface area contributed by atoms with Gasteiger partial charge in [-0.1, -0.05) is 0 Å². The van der Waals surface area contributed by atoms with Gasteiger partial charge in [-0.15, -0.1) is 0 Å². The van der Waals surface area contributed by atoms with Crippen LogP contribution < -0.4 is 5.32 Å². The molecule has 1 aromatic heterocycles. The molecule has 2 aliphatic heterocycles. The van der Waals surface area contributed by atoms with Crippen molar-refractivity contribution in [1.29, 1.82) is 0 Å². The number of nitrogens with one attached hydrogen (secondary N) is 2. The lowest BCUT2D eigenvalue weighted by molar-refractivity contribution is -0.127. The number of aromatic amines is 1. The molecular weight excluding hydrogens is 318 g/mol. The van der Waals surface area contributed by atoms with Crippen molar-refractivity contribution in [2.45, 2.75) is 38.3 Å². The van der Waals surface area contributed by atoms with Crippen LogP contribution in [0.25, 0.3) is 0 Å². The highest BCUT2D eigenvalue weighted by Gasteiger charge is 2.31. The largest absolute Gasteiger partial charge is 0.383 e. The number of ether oxygens (including phenoxy) is 1. The lowest BCUT2D eigenvalue weighted by atomic mass is 9.93. The van der Waals surface area contributed by atoms with Gasteiger partial charge in [0, 0.05) is 57.8 Å². The second-order valence-corrected chi connectivity index (χ2v) is 7.20. The maximum absolute atomic E-state index is 12.3. The monoisotopic (exact) mass is 349 g/mol. The average molecular weight is 349 g/mol. The van der Waals surface area contributed by atoms with Crippen LogP contribution in [0.15, 0.2) is 12.5 Å². The van der Waals surface area contributed by atoms with Crippen LogP contribution in [-0.2, 0) is 16.1 Å². The smallest absolute Gasteiger partial charge is 0.224 e. The van der Waals surface area contributed by atoms with Gasteiger partial charge in [0.05, 0.1) is 18.9 Å². The van der Waals surface area contributed by atoms with Crippen LogP contribution in [0.1, 0.15) is 31.4 Å². The lowest BCUT2D eigenvalue weighted by Gasteiger charge is -2.42. The molecule has 3 rings (SSSR count). The van der Waals surface area contributed by atoms with E-state index >= 15 is 0 Å². The average Bonchev–Trinajstić information content (AvgIpc) is 3.16. The zero-order chi connectivity index (χ0) is 17.5. The number of H-pyrrole nitrogens is 1. The Morgan fingerprint density at radius 3 is 2.92 bits per heavy atom. The van der Waals surface area contributed by atoms with Crippen molar-refractivity contribution >= 4 is 5.91 Å². The molecule has 25 heavy (non-hydrogen) atoms. The minimum atomic E-state index is 0.133. The predicted octanol–water partition coefficient (Wildman–Crippen LogP) is 0.849. The van der Waals surface area contributed by atoms with Crippen LogP contribution in [-0.4, -0.2) is 78.2 Å². The molecule has 1 aromatic rings. The molecule has 7 heteroatoms. The van der Waals surface area contributed by atoms with Crippen molar-refractivity contribution < 1.29 is 9.53 Å². The van der Waals surface area contributed by atoms with Crippen molar-refractivity contribution in [3.63, 3.8) is 0 Å². The van der Waals surface area contributed by atoms with E-state index in [1.165, 1.54) is 18.5 Å². The number of hydrogen-bond acceptors (Lipinski definition) is 5. The Bertz CT molecular complexity index is 514. The highest BCUT2D eigenvalue weighted by Crippen LogP contribution is 2.24. The van der Waals surface area contributed by atoms with Crippen molar-refractivity contribution in [3.8, 4) is 0 Å². The Balaban J connectivity index is 1.42. The van der Waals surface area contributed by atoms with Gasteiger partial charge in [-0.25, -0.2) is 4.98 Å². The Hall–Kier alpha value is -1.44. The number of rotatable bonds is 7. The second kappa shape index (κ2) is 9.31. The number of hydrogen-bond donors (Lipinski definition) is 2. The van der Waals surface area contributed by atoms with Gasteiger partial charge in [0.1, 0.15) is 0 Å². The van der Waals surface area contributed by atoms with E-state index in [9.17, 15) is 4.79 Å². The summed E-state index contributed by atoms with van der Waals surface area (Å²) >= 11 is 0. The van der Waals surface area contributed by atoms with Crippen molar-refractivity contribution in [3.05, 3.63) is 18.2 Å². The first-order valence-electron chi connectivity index (χ1n) is 9.46. The molecule has 0 aliphatic carbocycles. The van der Waals surface area contributed by atoms with Crippen molar-refractivity contribution in [2.75, 3.05) is 46.4 Å². The number of aromatic nitrogens is 2. The fourth-order valence-corrected chi connectivity index (χ4v) is 4.03. The van der Waals surface area contributed by atoms with E-state index in [1.807, 2.05) is 6.20 Å². The number of amides is 1. The lowest BCUT2D eigenvalue weighted by Crippen LogP contribution is -2.50. The molecule has 0 bridgehead atoms. The molecule has 0 spiro atoms. The van der Waals surface area contributed by atoms with E-state index in [-0.39, 0.29) is 11.8 Å².